The molecule has 0 N–H and O–H groups in total. The fraction of sp³-hybridized carbons (Fsp3) is 0.333. The van der Waals surface area contributed by atoms with Gasteiger partial charge in [-0.25, -0.2) is 9.59 Å². The lowest BCUT2D eigenvalue weighted by atomic mass is 10.4. The Morgan fingerprint density at radius 2 is 1.73 bits per heavy atom. The highest BCUT2D eigenvalue weighted by Gasteiger charge is 2.12. The summed E-state index contributed by atoms with van der Waals surface area (Å²) in [7, 11) is 0. The highest BCUT2D eigenvalue weighted by atomic mass is 16.7. The van der Waals surface area contributed by atoms with E-state index in [1.165, 1.54) is 6.92 Å². The van der Waals surface area contributed by atoms with Crippen LogP contribution < -0.4 is 0 Å². The van der Waals surface area contributed by atoms with Crippen LogP contribution in [0.2, 0.25) is 0 Å². The smallest absolute Gasteiger partial charge is 0.430 e. The molecule has 0 aromatic carbocycles. The van der Waals surface area contributed by atoms with E-state index in [0.29, 0.717) is 0 Å². The summed E-state index contributed by atoms with van der Waals surface area (Å²) < 4.78 is 17.7. The van der Waals surface area contributed by atoms with Crippen molar-refractivity contribution in [2.75, 3.05) is 6.61 Å². The van der Waals surface area contributed by atoms with E-state index in [1.807, 2.05) is 0 Å². The van der Waals surface area contributed by atoms with Crippen LogP contribution in [-0.4, -0.2) is 25.0 Å². The van der Waals surface area contributed by atoms with Crippen LogP contribution in [0.5, 0.6) is 0 Å². The highest BCUT2D eigenvalue weighted by molar-refractivity contribution is 5.61. The summed E-state index contributed by atoms with van der Waals surface area (Å²) in [6.07, 6.45) is -0.618. The Morgan fingerprint density at radius 3 is 2.27 bits per heavy atom. The van der Waals surface area contributed by atoms with Crippen molar-refractivity contribution in [3.8, 4) is 0 Å². The summed E-state index contributed by atoms with van der Waals surface area (Å²) in [5, 5.41) is 0. The Hall–Kier alpha value is -1.98. The molecule has 0 aliphatic carbocycles. The third-order valence-electron chi connectivity index (χ3n) is 1.09. The molecule has 6 heteroatoms. The van der Waals surface area contributed by atoms with Crippen LogP contribution in [0.4, 0.5) is 9.59 Å². The second-order valence-electron chi connectivity index (χ2n) is 2.31. The maximum Gasteiger partial charge on any atom is 0.513 e. The second kappa shape index (κ2) is 7.43. The van der Waals surface area contributed by atoms with Gasteiger partial charge < -0.3 is 18.9 Å². The predicted molar refractivity (Wildman–Crippen MR) is 49.9 cm³/mol. The van der Waals surface area contributed by atoms with Crippen molar-refractivity contribution in [2.24, 2.45) is 0 Å². The molecule has 0 fully saturated rings. The third kappa shape index (κ3) is 7.12. The molecule has 0 saturated heterocycles. The lowest BCUT2D eigenvalue weighted by Gasteiger charge is -2.11. The summed E-state index contributed by atoms with van der Waals surface area (Å²) >= 11 is 0. The largest absolute Gasteiger partial charge is 0.513 e. The zero-order valence-electron chi connectivity index (χ0n) is 8.30. The summed E-state index contributed by atoms with van der Waals surface area (Å²) in [5.74, 6) is 0. The minimum absolute atomic E-state index is 0.140. The van der Waals surface area contributed by atoms with Crippen molar-refractivity contribution in [1.82, 2.24) is 0 Å². The summed E-state index contributed by atoms with van der Waals surface area (Å²) in [6, 6.07) is 0. The van der Waals surface area contributed by atoms with E-state index < -0.39 is 18.4 Å². The van der Waals surface area contributed by atoms with Gasteiger partial charge in [0.15, 0.2) is 0 Å². The van der Waals surface area contributed by atoms with Crippen LogP contribution in [0.15, 0.2) is 25.7 Å². The lowest BCUT2D eigenvalue weighted by molar-refractivity contribution is 0.00841. The molecule has 1 atom stereocenters. The predicted octanol–water partition coefficient (Wildman–Crippen LogP) is 1.97. The van der Waals surface area contributed by atoms with Crippen LogP contribution in [0.1, 0.15) is 6.92 Å². The van der Waals surface area contributed by atoms with E-state index in [4.69, 9.17) is 0 Å². The van der Waals surface area contributed by atoms with Crippen LogP contribution in [-0.2, 0) is 18.9 Å². The maximum absolute atomic E-state index is 10.7. The van der Waals surface area contributed by atoms with Gasteiger partial charge in [-0.1, -0.05) is 13.2 Å². The summed E-state index contributed by atoms with van der Waals surface area (Å²) in [4.78, 5) is 21.4. The van der Waals surface area contributed by atoms with Crippen molar-refractivity contribution < 1.29 is 28.5 Å². The van der Waals surface area contributed by atoms with Gasteiger partial charge in [0, 0.05) is 0 Å². The number of hydrogen-bond donors (Lipinski definition) is 0. The number of rotatable bonds is 5. The topological polar surface area (TPSA) is 71.1 Å². The standard InChI is InChI=1S/C9H12O6/c1-4-12-8(10)14-6-7(3)15-9(11)13-5-2/h4-5,7H,1-2,6H2,3H3. The molecule has 0 spiro atoms. The molecular formula is C9H12O6. The Labute approximate surface area is 87.1 Å². The zero-order valence-corrected chi connectivity index (χ0v) is 8.30. The van der Waals surface area contributed by atoms with Gasteiger partial charge >= 0.3 is 12.3 Å². The number of hydrogen-bond acceptors (Lipinski definition) is 6. The molecule has 84 valence electrons. The number of ether oxygens (including phenoxy) is 4. The summed E-state index contributed by atoms with van der Waals surface area (Å²) in [5.41, 5.74) is 0. The second-order valence-corrected chi connectivity index (χ2v) is 2.31. The van der Waals surface area contributed by atoms with E-state index in [-0.39, 0.29) is 6.61 Å². The number of carbonyl (C=O) groups excluding carboxylic acids is 2. The first-order chi connectivity index (χ1) is 7.10. The molecule has 15 heavy (non-hydrogen) atoms. The molecular weight excluding hydrogens is 204 g/mol. The van der Waals surface area contributed by atoms with E-state index in [9.17, 15) is 9.59 Å². The van der Waals surface area contributed by atoms with Crippen molar-refractivity contribution in [3.63, 3.8) is 0 Å². The fourth-order valence-electron chi connectivity index (χ4n) is 0.582. The molecule has 0 bridgehead atoms. The maximum atomic E-state index is 10.7. The monoisotopic (exact) mass is 216 g/mol. The Bertz CT molecular complexity index is 247. The first-order valence-corrected chi connectivity index (χ1v) is 4.02. The van der Waals surface area contributed by atoms with E-state index in [0.717, 1.165) is 12.5 Å². The van der Waals surface area contributed by atoms with Gasteiger partial charge in [-0.15, -0.1) is 0 Å². The van der Waals surface area contributed by atoms with Gasteiger partial charge in [-0.2, -0.15) is 0 Å². The molecule has 1 unspecified atom stereocenters. The average Bonchev–Trinajstić information content (AvgIpc) is 2.15. The molecule has 0 amide bonds. The van der Waals surface area contributed by atoms with Crippen LogP contribution in [0.25, 0.3) is 0 Å². The van der Waals surface area contributed by atoms with Crippen LogP contribution >= 0.6 is 0 Å². The molecule has 0 aromatic rings. The Balaban J connectivity index is 3.69. The molecule has 0 aliphatic heterocycles. The van der Waals surface area contributed by atoms with Crippen LogP contribution in [0, 0.1) is 0 Å². The van der Waals surface area contributed by atoms with E-state index in [2.05, 4.69) is 32.1 Å². The van der Waals surface area contributed by atoms with Crippen molar-refractivity contribution in [3.05, 3.63) is 25.7 Å². The third-order valence-corrected chi connectivity index (χ3v) is 1.09. The van der Waals surface area contributed by atoms with Crippen molar-refractivity contribution in [2.45, 2.75) is 13.0 Å². The fourth-order valence-corrected chi connectivity index (χ4v) is 0.582. The number of carbonyl (C=O) groups is 2. The SMILES string of the molecule is C=COC(=O)OCC(C)OC(=O)OC=C. The van der Waals surface area contributed by atoms with Gasteiger partial charge in [0.1, 0.15) is 12.7 Å². The minimum Gasteiger partial charge on any atom is -0.430 e. The van der Waals surface area contributed by atoms with Gasteiger partial charge in [0.25, 0.3) is 0 Å². The van der Waals surface area contributed by atoms with E-state index in [1.54, 1.807) is 0 Å². The molecule has 0 aliphatic rings. The molecule has 0 aromatic heterocycles. The highest BCUT2D eigenvalue weighted by Crippen LogP contribution is 1.97. The molecule has 0 saturated carbocycles. The van der Waals surface area contributed by atoms with E-state index >= 15 is 0 Å². The molecule has 0 radical (unpaired) electrons. The van der Waals surface area contributed by atoms with Gasteiger partial charge in [-0.05, 0) is 6.92 Å². The zero-order chi connectivity index (χ0) is 11.7. The quantitative estimate of drug-likeness (QED) is 0.516. The normalized spacial score (nSPS) is 10.7. The first kappa shape index (κ1) is 13.0. The Morgan fingerprint density at radius 1 is 1.20 bits per heavy atom. The van der Waals surface area contributed by atoms with Gasteiger partial charge in [-0.3, -0.25) is 0 Å². The Kier molecular flexibility index (Phi) is 6.45. The first-order valence-electron chi connectivity index (χ1n) is 4.02. The van der Waals surface area contributed by atoms with Gasteiger partial charge in [0.2, 0.25) is 0 Å². The molecule has 0 rings (SSSR count). The summed E-state index contributed by atoms with van der Waals surface area (Å²) in [6.45, 7) is 7.71. The van der Waals surface area contributed by atoms with Crippen molar-refractivity contribution >= 4 is 12.3 Å². The van der Waals surface area contributed by atoms with Crippen LogP contribution in [0.3, 0.4) is 0 Å². The van der Waals surface area contributed by atoms with Gasteiger partial charge in [0.05, 0.1) is 12.5 Å². The lowest BCUT2D eigenvalue weighted by Crippen LogP contribution is -2.22. The molecule has 0 heterocycles. The minimum atomic E-state index is -0.919. The molecule has 6 nitrogen and oxygen atoms in total. The average molecular weight is 216 g/mol. The van der Waals surface area contributed by atoms with Crippen molar-refractivity contribution in [1.29, 1.82) is 0 Å².